The van der Waals surface area contributed by atoms with Gasteiger partial charge in [0.1, 0.15) is 5.69 Å². The van der Waals surface area contributed by atoms with Crippen LogP contribution >= 0.6 is 11.8 Å². The number of carbonyl (C=O) groups is 2. The van der Waals surface area contributed by atoms with Crippen molar-refractivity contribution in [1.82, 2.24) is 29.3 Å². The number of piperazine rings is 1. The van der Waals surface area contributed by atoms with Crippen molar-refractivity contribution in [2.45, 2.75) is 19.0 Å². The summed E-state index contributed by atoms with van der Waals surface area (Å²) >= 11 is 1.43. The Bertz CT molecular complexity index is 1080. The second-order valence-electron chi connectivity index (χ2n) is 7.42. The minimum absolute atomic E-state index is 0.0483. The average Bonchev–Trinajstić information content (AvgIpc) is 3.27. The van der Waals surface area contributed by atoms with E-state index in [9.17, 15) is 9.59 Å². The third-order valence-electron chi connectivity index (χ3n) is 5.26. The Morgan fingerprint density at radius 3 is 2.52 bits per heavy atom. The quantitative estimate of drug-likeness (QED) is 0.571. The molecule has 3 heterocycles. The highest BCUT2D eigenvalue weighted by atomic mass is 32.2. The largest absolute Gasteiger partial charge is 0.338 e. The molecular weight excluding hydrogens is 412 g/mol. The van der Waals surface area contributed by atoms with E-state index in [-0.39, 0.29) is 11.8 Å². The van der Waals surface area contributed by atoms with Gasteiger partial charge >= 0.3 is 0 Å². The van der Waals surface area contributed by atoms with Gasteiger partial charge in [0.15, 0.2) is 5.16 Å². The highest BCUT2D eigenvalue weighted by Crippen LogP contribution is 2.24. The first kappa shape index (κ1) is 21.0. The summed E-state index contributed by atoms with van der Waals surface area (Å²) in [6, 6.07) is 6.29. The molecule has 1 fully saturated rings. The number of rotatable bonds is 5. The maximum atomic E-state index is 12.8. The molecular formula is C22H24N6O2S. The molecule has 160 valence electrons. The summed E-state index contributed by atoms with van der Waals surface area (Å²) in [5, 5.41) is 0.790. The summed E-state index contributed by atoms with van der Waals surface area (Å²) in [5.74, 6) is 0.206. The van der Waals surface area contributed by atoms with E-state index in [1.165, 1.54) is 35.9 Å². The molecule has 2 amide bonds. The van der Waals surface area contributed by atoms with Crippen LogP contribution in [0.1, 0.15) is 21.6 Å². The normalized spacial score (nSPS) is 14.0. The molecule has 4 rings (SSSR count). The Labute approximate surface area is 185 Å². The molecule has 0 atom stereocenters. The molecule has 31 heavy (non-hydrogen) atoms. The van der Waals surface area contributed by atoms with Crippen LogP contribution in [0.3, 0.4) is 0 Å². The Balaban J connectivity index is 1.33. The lowest BCUT2D eigenvalue weighted by molar-refractivity contribution is -0.129. The van der Waals surface area contributed by atoms with Gasteiger partial charge in [-0.1, -0.05) is 23.9 Å². The van der Waals surface area contributed by atoms with E-state index in [2.05, 4.69) is 47.0 Å². The van der Waals surface area contributed by atoms with E-state index in [0.29, 0.717) is 37.6 Å². The summed E-state index contributed by atoms with van der Waals surface area (Å²) in [5.41, 5.74) is 3.73. The maximum absolute atomic E-state index is 12.8. The van der Waals surface area contributed by atoms with E-state index in [1.54, 1.807) is 16.0 Å². The van der Waals surface area contributed by atoms with Crippen LogP contribution in [0.4, 0.5) is 0 Å². The van der Waals surface area contributed by atoms with Crippen molar-refractivity contribution in [2.75, 3.05) is 31.9 Å². The molecule has 0 unspecified atom stereocenters. The number of benzene rings is 1. The molecule has 1 aliphatic rings. The number of hydrogen-bond donors (Lipinski definition) is 0. The van der Waals surface area contributed by atoms with Crippen molar-refractivity contribution in [3.63, 3.8) is 0 Å². The first-order valence-electron chi connectivity index (χ1n) is 10.1. The molecule has 0 aliphatic carbocycles. The molecule has 2 aromatic heterocycles. The average molecular weight is 437 g/mol. The van der Waals surface area contributed by atoms with Crippen molar-refractivity contribution in [3.05, 3.63) is 66.0 Å². The Kier molecular flexibility index (Phi) is 6.31. The number of thioether (sulfide) groups is 1. The highest BCUT2D eigenvalue weighted by Gasteiger charge is 2.25. The molecule has 1 aliphatic heterocycles. The number of aryl methyl sites for hydroxylation is 2. The lowest BCUT2D eigenvalue weighted by Crippen LogP contribution is -2.51. The van der Waals surface area contributed by atoms with Gasteiger partial charge in [0.2, 0.25) is 5.91 Å². The smallest absolute Gasteiger partial charge is 0.274 e. The summed E-state index contributed by atoms with van der Waals surface area (Å²) in [4.78, 5) is 41.2. The van der Waals surface area contributed by atoms with Gasteiger partial charge in [-0.05, 0) is 31.0 Å². The van der Waals surface area contributed by atoms with Crippen LogP contribution in [0, 0.1) is 13.8 Å². The van der Waals surface area contributed by atoms with Crippen molar-refractivity contribution in [1.29, 1.82) is 0 Å². The minimum atomic E-state index is -0.148. The number of amides is 2. The molecule has 1 aromatic carbocycles. The molecule has 0 spiro atoms. The van der Waals surface area contributed by atoms with Gasteiger partial charge in [0.05, 0.1) is 17.6 Å². The van der Waals surface area contributed by atoms with E-state index in [4.69, 9.17) is 0 Å². The van der Waals surface area contributed by atoms with Gasteiger partial charge in [0.25, 0.3) is 5.91 Å². The topological polar surface area (TPSA) is 84.2 Å². The van der Waals surface area contributed by atoms with Crippen LogP contribution in [0.15, 0.2) is 54.3 Å². The summed E-state index contributed by atoms with van der Waals surface area (Å²) < 4.78 is 2.03. The van der Waals surface area contributed by atoms with E-state index >= 15 is 0 Å². The van der Waals surface area contributed by atoms with Crippen molar-refractivity contribution in [2.24, 2.45) is 0 Å². The van der Waals surface area contributed by atoms with Crippen LogP contribution < -0.4 is 0 Å². The predicted molar refractivity (Wildman–Crippen MR) is 118 cm³/mol. The van der Waals surface area contributed by atoms with Gasteiger partial charge in [0, 0.05) is 51.0 Å². The molecule has 0 N–H and O–H groups in total. The van der Waals surface area contributed by atoms with Crippen LogP contribution in [-0.2, 0) is 4.79 Å². The van der Waals surface area contributed by atoms with Gasteiger partial charge in [-0.3, -0.25) is 19.1 Å². The van der Waals surface area contributed by atoms with E-state index in [1.807, 2.05) is 10.8 Å². The van der Waals surface area contributed by atoms with Gasteiger partial charge in [-0.2, -0.15) is 0 Å². The Morgan fingerprint density at radius 2 is 1.77 bits per heavy atom. The van der Waals surface area contributed by atoms with Crippen molar-refractivity contribution < 1.29 is 9.59 Å². The fourth-order valence-electron chi connectivity index (χ4n) is 3.51. The first-order chi connectivity index (χ1) is 15.0. The standard InChI is InChI=1S/C22H24N6O2S/c1-16-3-4-17(2)19(13-16)28-8-7-25-22(28)31-15-20(29)26-9-11-27(12-10-26)21(30)18-14-23-5-6-24-18/h3-8,13-14H,9-12,15H2,1-2H3. The Morgan fingerprint density at radius 1 is 1.00 bits per heavy atom. The van der Waals surface area contributed by atoms with Crippen LogP contribution in [0.2, 0.25) is 0 Å². The number of imidazole rings is 1. The molecule has 0 radical (unpaired) electrons. The number of carbonyl (C=O) groups excluding carboxylic acids is 2. The minimum Gasteiger partial charge on any atom is -0.338 e. The van der Waals surface area contributed by atoms with Crippen LogP contribution in [0.5, 0.6) is 0 Å². The first-order valence-corrected chi connectivity index (χ1v) is 11.1. The third-order valence-corrected chi connectivity index (χ3v) is 6.21. The fourth-order valence-corrected chi connectivity index (χ4v) is 4.38. The van der Waals surface area contributed by atoms with E-state index < -0.39 is 0 Å². The summed E-state index contributed by atoms with van der Waals surface area (Å²) in [6.07, 6.45) is 8.19. The predicted octanol–water partition coefficient (Wildman–Crippen LogP) is 2.36. The second kappa shape index (κ2) is 9.30. The van der Waals surface area contributed by atoms with Gasteiger partial charge in [-0.25, -0.2) is 9.97 Å². The zero-order chi connectivity index (χ0) is 21.8. The fraction of sp³-hybridized carbons (Fsp3) is 0.318. The molecule has 3 aromatic rings. The van der Waals surface area contributed by atoms with Crippen molar-refractivity contribution >= 4 is 23.6 Å². The summed E-state index contributed by atoms with van der Waals surface area (Å²) in [6.45, 7) is 6.13. The maximum Gasteiger partial charge on any atom is 0.274 e. The molecule has 8 nitrogen and oxygen atoms in total. The SMILES string of the molecule is Cc1ccc(C)c(-n2ccnc2SCC(=O)N2CCN(C(=O)c3cnccn3)CC2)c1. The molecule has 1 saturated heterocycles. The number of nitrogens with zero attached hydrogens (tertiary/aromatic N) is 6. The highest BCUT2D eigenvalue weighted by molar-refractivity contribution is 7.99. The number of aromatic nitrogens is 4. The van der Waals surface area contributed by atoms with Crippen LogP contribution in [-0.4, -0.2) is 73.1 Å². The molecule has 9 heteroatoms. The van der Waals surface area contributed by atoms with E-state index in [0.717, 1.165) is 16.4 Å². The summed E-state index contributed by atoms with van der Waals surface area (Å²) in [7, 11) is 0. The molecule has 0 bridgehead atoms. The van der Waals surface area contributed by atoms with Crippen molar-refractivity contribution in [3.8, 4) is 5.69 Å². The lowest BCUT2D eigenvalue weighted by Gasteiger charge is -2.34. The number of hydrogen-bond acceptors (Lipinski definition) is 6. The van der Waals surface area contributed by atoms with Gasteiger partial charge < -0.3 is 9.80 Å². The Hall–Kier alpha value is -3.20. The monoisotopic (exact) mass is 436 g/mol. The third kappa shape index (κ3) is 4.77. The second-order valence-corrected chi connectivity index (χ2v) is 8.36. The molecule has 0 saturated carbocycles. The zero-order valence-corrected chi connectivity index (χ0v) is 18.4. The zero-order valence-electron chi connectivity index (χ0n) is 17.6. The van der Waals surface area contributed by atoms with Gasteiger partial charge in [-0.15, -0.1) is 0 Å². The lowest BCUT2D eigenvalue weighted by atomic mass is 10.1. The van der Waals surface area contributed by atoms with Crippen LogP contribution in [0.25, 0.3) is 5.69 Å².